The van der Waals surface area contributed by atoms with Gasteiger partial charge in [-0.3, -0.25) is 0 Å². The van der Waals surface area contributed by atoms with Gasteiger partial charge in [0.2, 0.25) is 0 Å². The Kier molecular flexibility index (Phi) is 3.88. The number of aliphatic hydroxyl groups excluding tert-OH is 1. The minimum absolute atomic E-state index is 0.402. The molecule has 0 saturated heterocycles. The van der Waals surface area contributed by atoms with Gasteiger partial charge in [0, 0.05) is 6.42 Å². The summed E-state index contributed by atoms with van der Waals surface area (Å²) in [5, 5.41) is 10.4. The van der Waals surface area contributed by atoms with Gasteiger partial charge in [-0.1, -0.05) is 49.4 Å². The van der Waals surface area contributed by atoms with Gasteiger partial charge < -0.3 is 5.11 Å². The zero-order valence-corrected chi connectivity index (χ0v) is 12.1. The molecule has 2 aromatic carbocycles. The van der Waals surface area contributed by atoms with Crippen molar-refractivity contribution >= 4 is 0 Å². The van der Waals surface area contributed by atoms with Crippen molar-refractivity contribution in [2.24, 2.45) is 0 Å². The van der Waals surface area contributed by atoms with E-state index < -0.39 is 6.10 Å². The third-order valence-corrected chi connectivity index (χ3v) is 4.36. The van der Waals surface area contributed by atoms with Crippen molar-refractivity contribution in [2.75, 3.05) is 0 Å². The Bertz CT molecular complexity index is 583. The second-order valence-electron chi connectivity index (χ2n) is 5.77. The maximum Gasteiger partial charge on any atom is 0.0830 e. The van der Waals surface area contributed by atoms with Crippen LogP contribution in [-0.4, -0.2) is 5.11 Å². The molecular formula is C19H22O. The van der Waals surface area contributed by atoms with Crippen molar-refractivity contribution in [3.05, 3.63) is 70.3 Å². The molecule has 1 heteroatoms. The number of hydrogen-bond donors (Lipinski definition) is 1. The Morgan fingerprint density at radius 1 is 0.950 bits per heavy atom. The lowest BCUT2D eigenvalue weighted by Gasteiger charge is -2.13. The lowest BCUT2D eigenvalue weighted by molar-refractivity contribution is 0.178. The molecule has 20 heavy (non-hydrogen) atoms. The second kappa shape index (κ2) is 5.80. The molecule has 0 radical (unpaired) electrons. The number of hydrogen-bond acceptors (Lipinski definition) is 1. The van der Waals surface area contributed by atoms with Crippen LogP contribution < -0.4 is 0 Å². The fourth-order valence-corrected chi connectivity index (χ4v) is 3.07. The SMILES string of the molecule is CCc1ccc(C(O)Cc2ccc3c(c2)CCC3)cc1. The lowest BCUT2D eigenvalue weighted by atomic mass is 9.97. The van der Waals surface area contributed by atoms with E-state index in [-0.39, 0.29) is 0 Å². The van der Waals surface area contributed by atoms with Crippen LogP contribution in [0.3, 0.4) is 0 Å². The van der Waals surface area contributed by atoms with Crippen LogP contribution in [0.1, 0.15) is 47.3 Å². The third kappa shape index (κ3) is 2.78. The van der Waals surface area contributed by atoms with Gasteiger partial charge in [-0.15, -0.1) is 0 Å². The molecule has 1 unspecified atom stereocenters. The van der Waals surface area contributed by atoms with Gasteiger partial charge in [0.1, 0.15) is 0 Å². The number of fused-ring (bicyclic) bond motifs is 1. The number of benzene rings is 2. The van der Waals surface area contributed by atoms with Crippen LogP contribution in [0.4, 0.5) is 0 Å². The van der Waals surface area contributed by atoms with Crippen LogP contribution in [0.2, 0.25) is 0 Å². The predicted molar refractivity (Wildman–Crippen MR) is 83.0 cm³/mol. The van der Waals surface area contributed by atoms with E-state index in [1.165, 1.54) is 41.5 Å². The summed E-state index contributed by atoms with van der Waals surface area (Å²) in [6.45, 7) is 2.15. The summed E-state index contributed by atoms with van der Waals surface area (Å²) in [5.41, 5.74) is 6.56. The van der Waals surface area contributed by atoms with Crippen LogP contribution in [0, 0.1) is 0 Å². The molecule has 0 heterocycles. The van der Waals surface area contributed by atoms with E-state index >= 15 is 0 Å². The summed E-state index contributed by atoms with van der Waals surface area (Å²) >= 11 is 0. The molecule has 0 saturated carbocycles. The van der Waals surface area contributed by atoms with Gasteiger partial charge in [0.15, 0.2) is 0 Å². The highest BCUT2D eigenvalue weighted by molar-refractivity contribution is 5.36. The Balaban J connectivity index is 1.73. The topological polar surface area (TPSA) is 20.2 Å². The molecule has 1 aliphatic rings. The summed E-state index contributed by atoms with van der Waals surface area (Å²) in [5.74, 6) is 0. The molecule has 1 aliphatic carbocycles. The van der Waals surface area contributed by atoms with Crippen molar-refractivity contribution in [1.82, 2.24) is 0 Å². The van der Waals surface area contributed by atoms with Gasteiger partial charge in [0.25, 0.3) is 0 Å². The van der Waals surface area contributed by atoms with Crippen molar-refractivity contribution in [2.45, 2.75) is 45.1 Å². The van der Waals surface area contributed by atoms with Crippen LogP contribution in [0.25, 0.3) is 0 Å². The lowest BCUT2D eigenvalue weighted by Crippen LogP contribution is -2.02. The molecule has 0 aliphatic heterocycles. The molecule has 104 valence electrons. The van der Waals surface area contributed by atoms with E-state index in [4.69, 9.17) is 0 Å². The van der Waals surface area contributed by atoms with Gasteiger partial charge in [-0.05, 0) is 53.5 Å². The fraction of sp³-hybridized carbons (Fsp3) is 0.368. The molecule has 1 atom stereocenters. The largest absolute Gasteiger partial charge is 0.388 e. The van der Waals surface area contributed by atoms with Crippen molar-refractivity contribution < 1.29 is 5.11 Å². The minimum atomic E-state index is -0.402. The monoisotopic (exact) mass is 266 g/mol. The van der Waals surface area contributed by atoms with Crippen LogP contribution in [-0.2, 0) is 25.7 Å². The zero-order valence-electron chi connectivity index (χ0n) is 12.1. The van der Waals surface area contributed by atoms with E-state index in [9.17, 15) is 5.11 Å². The fourth-order valence-electron chi connectivity index (χ4n) is 3.07. The first kappa shape index (κ1) is 13.4. The van der Waals surface area contributed by atoms with Gasteiger partial charge >= 0.3 is 0 Å². The quantitative estimate of drug-likeness (QED) is 0.886. The van der Waals surface area contributed by atoms with Gasteiger partial charge in [-0.2, -0.15) is 0 Å². The molecule has 0 fully saturated rings. The molecule has 1 nitrogen and oxygen atoms in total. The number of aliphatic hydroxyl groups is 1. The van der Waals surface area contributed by atoms with Gasteiger partial charge in [-0.25, -0.2) is 0 Å². The normalized spacial score (nSPS) is 15.1. The summed E-state index contributed by atoms with van der Waals surface area (Å²) in [6, 6.07) is 15.0. The molecule has 1 N–H and O–H groups in total. The van der Waals surface area contributed by atoms with Crippen molar-refractivity contribution in [3.8, 4) is 0 Å². The Hall–Kier alpha value is -1.60. The summed E-state index contributed by atoms with van der Waals surface area (Å²) in [7, 11) is 0. The van der Waals surface area contributed by atoms with Crippen molar-refractivity contribution in [1.29, 1.82) is 0 Å². The maximum absolute atomic E-state index is 10.4. The predicted octanol–water partition coefficient (Wildman–Crippen LogP) is 4.01. The molecule has 0 spiro atoms. The van der Waals surface area contributed by atoms with Gasteiger partial charge in [0.05, 0.1) is 6.10 Å². The number of rotatable bonds is 4. The highest BCUT2D eigenvalue weighted by Gasteiger charge is 2.13. The number of aryl methyl sites for hydroxylation is 3. The van der Waals surface area contributed by atoms with Crippen LogP contribution in [0.15, 0.2) is 42.5 Å². The Morgan fingerprint density at radius 3 is 2.40 bits per heavy atom. The minimum Gasteiger partial charge on any atom is -0.388 e. The van der Waals surface area contributed by atoms with E-state index in [1.54, 1.807) is 0 Å². The molecule has 0 bridgehead atoms. The summed E-state index contributed by atoms with van der Waals surface area (Å²) < 4.78 is 0. The molecule has 3 rings (SSSR count). The van der Waals surface area contributed by atoms with Crippen LogP contribution in [0.5, 0.6) is 0 Å². The first-order valence-corrected chi connectivity index (χ1v) is 7.64. The molecular weight excluding hydrogens is 244 g/mol. The smallest absolute Gasteiger partial charge is 0.0830 e. The third-order valence-electron chi connectivity index (χ3n) is 4.36. The molecule has 0 aromatic heterocycles. The molecule has 0 amide bonds. The van der Waals surface area contributed by atoms with Crippen LogP contribution >= 0.6 is 0 Å². The Morgan fingerprint density at radius 2 is 1.65 bits per heavy atom. The Labute approximate surface area is 121 Å². The maximum atomic E-state index is 10.4. The highest BCUT2D eigenvalue weighted by Crippen LogP contribution is 2.25. The zero-order chi connectivity index (χ0) is 13.9. The summed E-state index contributed by atoms with van der Waals surface area (Å²) in [4.78, 5) is 0. The van der Waals surface area contributed by atoms with Crippen molar-refractivity contribution in [3.63, 3.8) is 0 Å². The molecule has 2 aromatic rings. The van der Waals surface area contributed by atoms with E-state index in [0.29, 0.717) is 6.42 Å². The average molecular weight is 266 g/mol. The standard InChI is InChI=1S/C19H22O/c1-2-14-6-10-17(11-7-14)19(20)13-15-8-9-16-4-3-5-18(16)12-15/h6-12,19-20H,2-5,13H2,1H3. The first-order valence-electron chi connectivity index (χ1n) is 7.64. The first-order chi connectivity index (χ1) is 9.76. The highest BCUT2D eigenvalue weighted by atomic mass is 16.3. The second-order valence-corrected chi connectivity index (χ2v) is 5.77. The van der Waals surface area contributed by atoms with E-state index in [0.717, 1.165) is 12.0 Å². The van der Waals surface area contributed by atoms with E-state index in [2.05, 4.69) is 49.4 Å². The summed E-state index contributed by atoms with van der Waals surface area (Å²) in [6.07, 6.45) is 5.04. The van der Waals surface area contributed by atoms with E-state index in [1.807, 2.05) is 0 Å². The average Bonchev–Trinajstić information content (AvgIpc) is 2.95.